The Morgan fingerprint density at radius 3 is 3.08 bits per heavy atom. The molecule has 0 fully saturated rings. The molecule has 1 radical (unpaired) electrons. The average molecular weight is 167 g/mol. The van der Waals surface area contributed by atoms with Gasteiger partial charge in [-0.05, 0) is 13.0 Å². The van der Waals surface area contributed by atoms with Crippen molar-refractivity contribution in [3.63, 3.8) is 0 Å². The molecule has 0 N–H and O–H groups in total. The van der Waals surface area contributed by atoms with Crippen molar-refractivity contribution in [3.8, 4) is 0 Å². The highest BCUT2D eigenvalue weighted by Gasteiger charge is 2.03. The minimum Gasteiger partial charge on any atom is -0.383 e. The molecule has 0 aliphatic heterocycles. The van der Waals surface area contributed by atoms with Gasteiger partial charge in [-0.2, -0.15) is 5.10 Å². The van der Waals surface area contributed by atoms with Crippen molar-refractivity contribution in [1.82, 2.24) is 9.78 Å². The summed E-state index contributed by atoms with van der Waals surface area (Å²) in [7, 11) is 1.61. The molecule has 0 aliphatic rings. The molecule has 0 amide bonds. The van der Waals surface area contributed by atoms with Crippen molar-refractivity contribution < 1.29 is 9.53 Å². The summed E-state index contributed by atoms with van der Waals surface area (Å²) in [5.74, 6) is 0. The van der Waals surface area contributed by atoms with Crippen LogP contribution < -0.4 is 0 Å². The molecule has 0 unspecified atom stereocenters. The van der Waals surface area contributed by atoms with Gasteiger partial charge in [0.15, 0.2) is 0 Å². The first-order chi connectivity index (χ1) is 5.77. The maximum atomic E-state index is 10.4. The Balaban J connectivity index is 2.74. The van der Waals surface area contributed by atoms with E-state index in [0.717, 1.165) is 5.69 Å². The molecule has 1 aromatic heterocycles. The Morgan fingerprint density at radius 1 is 1.75 bits per heavy atom. The number of aromatic nitrogens is 2. The number of carbonyl (C=O) groups excluding carboxylic acids is 1. The van der Waals surface area contributed by atoms with Crippen LogP contribution in [0.1, 0.15) is 11.4 Å². The Bertz CT molecular complexity index is 268. The summed E-state index contributed by atoms with van der Waals surface area (Å²) in [6.45, 7) is 2.98. The molecule has 1 aromatic rings. The zero-order valence-corrected chi connectivity index (χ0v) is 7.20. The second kappa shape index (κ2) is 4.01. The minimum absolute atomic E-state index is 0.476. The third-order valence-electron chi connectivity index (χ3n) is 1.51. The average Bonchev–Trinajstić information content (AvgIpc) is 2.42. The molecular weight excluding hydrogens is 156 g/mol. The molecule has 0 saturated carbocycles. The van der Waals surface area contributed by atoms with Gasteiger partial charge in [-0.15, -0.1) is 0 Å². The first-order valence-electron chi connectivity index (χ1n) is 3.69. The maximum absolute atomic E-state index is 10.4. The number of rotatable bonds is 4. The fraction of sp³-hybridized carbons (Fsp3) is 0.500. The molecule has 65 valence electrons. The summed E-state index contributed by atoms with van der Waals surface area (Å²) in [5.41, 5.74) is 1.30. The fourth-order valence-electron chi connectivity index (χ4n) is 0.976. The van der Waals surface area contributed by atoms with Crippen LogP contribution in [-0.4, -0.2) is 29.8 Å². The van der Waals surface area contributed by atoms with Gasteiger partial charge in [0.05, 0.1) is 18.8 Å². The van der Waals surface area contributed by atoms with Crippen LogP contribution in [-0.2, 0) is 16.1 Å². The molecule has 12 heavy (non-hydrogen) atoms. The Morgan fingerprint density at radius 2 is 2.50 bits per heavy atom. The van der Waals surface area contributed by atoms with Gasteiger partial charge in [0.25, 0.3) is 6.29 Å². The van der Waals surface area contributed by atoms with Gasteiger partial charge in [-0.1, -0.05) is 0 Å². The minimum atomic E-state index is 0.476. The second-order valence-corrected chi connectivity index (χ2v) is 2.49. The molecule has 0 saturated heterocycles. The Kier molecular flexibility index (Phi) is 2.99. The van der Waals surface area contributed by atoms with E-state index in [4.69, 9.17) is 4.74 Å². The lowest BCUT2D eigenvalue weighted by Crippen LogP contribution is -2.08. The van der Waals surface area contributed by atoms with E-state index >= 15 is 0 Å². The number of methoxy groups -OCH3 is 1. The Hall–Kier alpha value is -1.16. The topological polar surface area (TPSA) is 44.1 Å². The van der Waals surface area contributed by atoms with Gasteiger partial charge in [0.2, 0.25) is 0 Å². The molecule has 1 heterocycles. The first kappa shape index (κ1) is 8.93. The summed E-state index contributed by atoms with van der Waals surface area (Å²) < 4.78 is 6.45. The number of nitrogens with zero attached hydrogens (tertiary/aromatic N) is 2. The molecule has 1 rings (SSSR count). The third-order valence-corrected chi connectivity index (χ3v) is 1.51. The van der Waals surface area contributed by atoms with E-state index < -0.39 is 0 Å². The van der Waals surface area contributed by atoms with E-state index in [1.165, 1.54) is 0 Å². The lowest BCUT2D eigenvalue weighted by Gasteiger charge is -2.00. The summed E-state index contributed by atoms with van der Waals surface area (Å²) in [6.07, 6.45) is 1.82. The first-order valence-corrected chi connectivity index (χ1v) is 3.69. The standard InChI is InChI=1S/C8H11N2O2/c1-7-5-8(6-11)10(9-7)3-4-12-2/h5H,3-4H2,1-2H3. The second-order valence-electron chi connectivity index (χ2n) is 2.49. The molecular formula is C8H11N2O2. The van der Waals surface area contributed by atoms with Crippen molar-refractivity contribution in [3.05, 3.63) is 17.5 Å². The molecule has 4 heteroatoms. The van der Waals surface area contributed by atoms with E-state index in [1.807, 2.05) is 13.2 Å². The van der Waals surface area contributed by atoms with Gasteiger partial charge in [0.1, 0.15) is 5.69 Å². The number of hydrogen-bond donors (Lipinski definition) is 0. The number of ether oxygens (including phenoxy) is 1. The quantitative estimate of drug-likeness (QED) is 0.647. The molecule has 0 aliphatic carbocycles. The van der Waals surface area contributed by atoms with Gasteiger partial charge >= 0.3 is 0 Å². The molecule has 4 nitrogen and oxygen atoms in total. The summed E-state index contributed by atoms with van der Waals surface area (Å²) in [4.78, 5) is 10.4. The van der Waals surface area contributed by atoms with E-state index in [9.17, 15) is 4.79 Å². The normalized spacial score (nSPS) is 10.2. The largest absolute Gasteiger partial charge is 0.383 e. The number of aryl methyl sites for hydroxylation is 1. The zero-order valence-electron chi connectivity index (χ0n) is 7.20. The summed E-state index contributed by atoms with van der Waals surface area (Å²) >= 11 is 0. The van der Waals surface area contributed by atoms with Crippen LogP contribution in [0.3, 0.4) is 0 Å². The van der Waals surface area contributed by atoms with Gasteiger partial charge < -0.3 is 4.74 Å². The lowest BCUT2D eigenvalue weighted by molar-refractivity contribution is 0.183. The van der Waals surface area contributed by atoms with Crippen LogP contribution in [0.4, 0.5) is 0 Å². The Labute approximate surface area is 71.1 Å². The van der Waals surface area contributed by atoms with Crippen LogP contribution in [0.5, 0.6) is 0 Å². The molecule has 0 aromatic carbocycles. The van der Waals surface area contributed by atoms with Gasteiger partial charge in [0, 0.05) is 7.11 Å². The highest BCUT2D eigenvalue weighted by molar-refractivity contribution is 5.72. The van der Waals surface area contributed by atoms with Crippen molar-refractivity contribution in [2.45, 2.75) is 13.5 Å². The molecule has 0 spiro atoms. The van der Waals surface area contributed by atoms with Gasteiger partial charge in [-0.3, -0.25) is 9.48 Å². The third kappa shape index (κ3) is 1.92. The maximum Gasteiger partial charge on any atom is 0.253 e. The highest BCUT2D eigenvalue weighted by atomic mass is 16.5. The van der Waals surface area contributed by atoms with Crippen LogP contribution in [0.2, 0.25) is 0 Å². The van der Waals surface area contributed by atoms with E-state index in [2.05, 4.69) is 5.10 Å². The van der Waals surface area contributed by atoms with Crippen molar-refractivity contribution in [2.75, 3.05) is 13.7 Å². The summed E-state index contributed by atoms with van der Waals surface area (Å²) in [5, 5.41) is 4.09. The van der Waals surface area contributed by atoms with Crippen molar-refractivity contribution in [1.29, 1.82) is 0 Å². The highest BCUT2D eigenvalue weighted by Crippen LogP contribution is 1.99. The van der Waals surface area contributed by atoms with Crippen molar-refractivity contribution >= 4 is 6.29 Å². The predicted octanol–water partition coefficient (Wildman–Crippen LogP) is 0.296. The van der Waals surface area contributed by atoms with Crippen LogP contribution >= 0.6 is 0 Å². The van der Waals surface area contributed by atoms with E-state index in [0.29, 0.717) is 18.8 Å². The zero-order chi connectivity index (χ0) is 8.97. The van der Waals surface area contributed by atoms with E-state index in [-0.39, 0.29) is 0 Å². The molecule has 0 bridgehead atoms. The van der Waals surface area contributed by atoms with Gasteiger partial charge in [-0.25, -0.2) is 0 Å². The molecule has 0 atom stereocenters. The number of hydrogen-bond acceptors (Lipinski definition) is 3. The monoisotopic (exact) mass is 167 g/mol. The SMILES string of the molecule is COCCn1nc(C)cc1[C]=O. The van der Waals surface area contributed by atoms with E-state index in [1.54, 1.807) is 17.9 Å². The predicted molar refractivity (Wildman–Crippen MR) is 43.6 cm³/mol. The van der Waals surface area contributed by atoms with Crippen molar-refractivity contribution in [2.24, 2.45) is 0 Å². The van der Waals surface area contributed by atoms with Crippen LogP contribution in [0.15, 0.2) is 6.07 Å². The van der Waals surface area contributed by atoms with Crippen LogP contribution in [0.25, 0.3) is 0 Å². The summed E-state index contributed by atoms with van der Waals surface area (Å²) in [6, 6.07) is 1.70. The fourth-order valence-corrected chi connectivity index (χ4v) is 0.976. The lowest BCUT2D eigenvalue weighted by atomic mass is 10.4. The van der Waals surface area contributed by atoms with Crippen LogP contribution in [0, 0.1) is 6.92 Å². The smallest absolute Gasteiger partial charge is 0.253 e.